The molecule has 0 heterocycles. The third-order valence-corrected chi connectivity index (χ3v) is 3.43. The first-order chi connectivity index (χ1) is 9.15. The van der Waals surface area contributed by atoms with Crippen molar-refractivity contribution in [3.05, 3.63) is 47.7 Å². The lowest BCUT2D eigenvalue weighted by Gasteiger charge is -2.24. The van der Waals surface area contributed by atoms with Crippen LogP contribution in [0.5, 0.6) is 0 Å². The smallest absolute Gasteiger partial charge is 0.158 e. The van der Waals surface area contributed by atoms with Crippen LogP contribution < -0.4 is 5.32 Å². The Morgan fingerprint density at radius 3 is 2.63 bits per heavy atom. The maximum atomic E-state index is 11.8. The van der Waals surface area contributed by atoms with Crippen molar-refractivity contribution in [3.8, 4) is 0 Å². The number of rotatable bonds is 5. The van der Waals surface area contributed by atoms with E-state index in [2.05, 4.69) is 36.4 Å². The number of hydrogen-bond acceptors (Lipinski definition) is 3. The molecule has 1 aliphatic carbocycles. The second-order valence-corrected chi connectivity index (χ2v) is 5.38. The van der Waals surface area contributed by atoms with Crippen LogP contribution in [0.3, 0.4) is 0 Å². The topological polar surface area (TPSA) is 32.3 Å². The maximum Gasteiger partial charge on any atom is 0.158 e. The van der Waals surface area contributed by atoms with Gasteiger partial charge in [0.05, 0.1) is 0 Å². The highest BCUT2D eigenvalue weighted by atomic mass is 16.1. The van der Waals surface area contributed by atoms with Crippen LogP contribution in [0.2, 0.25) is 0 Å². The first kappa shape index (κ1) is 13.8. The fourth-order valence-electron chi connectivity index (χ4n) is 2.42. The Hall–Kier alpha value is -1.61. The largest absolute Gasteiger partial charge is 0.387 e. The number of hydrogen-bond donors (Lipinski definition) is 1. The molecule has 102 valence electrons. The van der Waals surface area contributed by atoms with E-state index < -0.39 is 0 Å². The Kier molecular flexibility index (Phi) is 4.74. The van der Waals surface area contributed by atoms with E-state index >= 15 is 0 Å². The summed E-state index contributed by atoms with van der Waals surface area (Å²) in [5.41, 5.74) is 2.34. The van der Waals surface area contributed by atoms with Gasteiger partial charge in [-0.05, 0) is 32.0 Å². The molecule has 0 unspecified atom stereocenters. The molecule has 0 spiro atoms. The summed E-state index contributed by atoms with van der Waals surface area (Å²) in [6, 6.07) is 10.3. The summed E-state index contributed by atoms with van der Waals surface area (Å²) in [6.45, 7) is 1.86. The second kappa shape index (κ2) is 6.53. The van der Waals surface area contributed by atoms with Gasteiger partial charge in [-0.1, -0.05) is 30.3 Å². The van der Waals surface area contributed by atoms with Gasteiger partial charge in [-0.2, -0.15) is 0 Å². The van der Waals surface area contributed by atoms with Crippen LogP contribution in [0.4, 0.5) is 0 Å². The zero-order chi connectivity index (χ0) is 13.7. The molecule has 19 heavy (non-hydrogen) atoms. The van der Waals surface area contributed by atoms with Crippen molar-refractivity contribution < 1.29 is 4.79 Å². The summed E-state index contributed by atoms with van der Waals surface area (Å²) in [6.07, 6.45) is 3.33. The van der Waals surface area contributed by atoms with Crippen molar-refractivity contribution >= 4 is 5.78 Å². The van der Waals surface area contributed by atoms with Gasteiger partial charge < -0.3 is 10.2 Å². The number of nitrogens with one attached hydrogen (secondary N) is 1. The van der Waals surface area contributed by atoms with Crippen molar-refractivity contribution in [3.63, 3.8) is 0 Å². The van der Waals surface area contributed by atoms with Crippen molar-refractivity contribution in [2.75, 3.05) is 27.2 Å². The highest BCUT2D eigenvalue weighted by Gasteiger charge is 2.21. The minimum absolute atomic E-state index is 0.229. The third-order valence-electron chi connectivity index (χ3n) is 3.43. The quantitative estimate of drug-likeness (QED) is 0.878. The predicted octanol–water partition coefficient (Wildman–Crippen LogP) is 2.17. The fourth-order valence-corrected chi connectivity index (χ4v) is 2.42. The SMILES string of the molecule is CN(C)CCNC1=CC(=O)C[C@H](c2ccccc2)C1. The van der Waals surface area contributed by atoms with Crippen molar-refractivity contribution in [2.45, 2.75) is 18.8 Å². The van der Waals surface area contributed by atoms with E-state index in [-0.39, 0.29) is 5.78 Å². The van der Waals surface area contributed by atoms with Crippen LogP contribution in [-0.4, -0.2) is 37.9 Å². The first-order valence-electron chi connectivity index (χ1n) is 6.82. The molecule has 1 aromatic carbocycles. The lowest BCUT2D eigenvalue weighted by molar-refractivity contribution is -0.115. The van der Waals surface area contributed by atoms with Crippen LogP contribution >= 0.6 is 0 Å². The Bertz CT molecular complexity index is 451. The highest BCUT2D eigenvalue weighted by molar-refractivity contribution is 5.91. The Morgan fingerprint density at radius 1 is 1.21 bits per heavy atom. The van der Waals surface area contributed by atoms with Crippen LogP contribution in [0.15, 0.2) is 42.1 Å². The van der Waals surface area contributed by atoms with E-state index in [0.717, 1.165) is 25.2 Å². The molecule has 0 amide bonds. The maximum absolute atomic E-state index is 11.8. The summed E-state index contributed by atoms with van der Waals surface area (Å²) in [5.74, 6) is 0.549. The van der Waals surface area contributed by atoms with Crippen molar-refractivity contribution in [2.24, 2.45) is 0 Å². The van der Waals surface area contributed by atoms with Gasteiger partial charge in [0.15, 0.2) is 5.78 Å². The lowest BCUT2D eigenvalue weighted by Crippen LogP contribution is -2.28. The number of carbonyl (C=O) groups excluding carboxylic acids is 1. The van der Waals surface area contributed by atoms with Crippen molar-refractivity contribution in [1.29, 1.82) is 0 Å². The highest BCUT2D eigenvalue weighted by Crippen LogP contribution is 2.30. The number of nitrogens with zero attached hydrogens (tertiary/aromatic N) is 1. The molecular weight excluding hydrogens is 236 g/mol. The van der Waals surface area contributed by atoms with Crippen molar-refractivity contribution in [1.82, 2.24) is 10.2 Å². The summed E-state index contributed by atoms with van der Waals surface area (Å²) < 4.78 is 0. The third kappa shape index (κ3) is 4.21. The lowest BCUT2D eigenvalue weighted by atomic mass is 9.85. The van der Waals surface area contributed by atoms with Crippen LogP contribution in [-0.2, 0) is 4.79 Å². The molecule has 0 saturated carbocycles. The number of ketones is 1. The molecule has 1 N–H and O–H groups in total. The van der Waals surface area contributed by atoms with Gasteiger partial charge in [0.1, 0.15) is 0 Å². The van der Waals surface area contributed by atoms with Gasteiger partial charge in [-0.25, -0.2) is 0 Å². The van der Waals surface area contributed by atoms with E-state index in [1.807, 2.05) is 18.2 Å². The molecule has 0 fully saturated rings. The molecule has 0 radical (unpaired) electrons. The molecule has 1 aliphatic rings. The molecule has 3 heteroatoms. The van der Waals surface area contributed by atoms with Gasteiger partial charge >= 0.3 is 0 Å². The number of allylic oxidation sites excluding steroid dienone is 2. The minimum Gasteiger partial charge on any atom is -0.387 e. The van der Waals surface area contributed by atoms with Crippen LogP contribution in [0, 0.1) is 0 Å². The van der Waals surface area contributed by atoms with Crippen LogP contribution in [0.1, 0.15) is 24.3 Å². The molecule has 1 aromatic rings. The summed E-state index contributed by atoms with van der Waals surface area (Å²) in [4.78, 5) is 14.0. The molecule has 1 atom stereocenters. The Labute approximate surface area is 115 Å². The van der Waals surface area contributed by atoms with E-state index in [0.29, 0.717) is 12.3 Å². The summed E-state index contributed by atoms with van der Waals surface area (Å²) in [5, 5.41) is 3.38. The number of likely N-dealkylation sites (N-methyl/N-ethyl adjacent to an activating group) is 1. The normalized spacial score (nSPS) is 19.4. The van der Waals surface area contributed by atoms with Gasteiger partial charge in [0.25, 0.3) is 0 Å². The second-order valence-electron chi connectivity index (χ2n) is 5.38. The molecular formula is C16H22N2O. The standard InChI is InChI=1S/C16H22N2O/c1-18(2)9-8-17-15-10-14(11-16(19)12-15)13-6-4-3-5-7-13/h3-7,12,14,17H,8-11H2,1-2H3/t14-/m1/s1. The zero-order valence-electron chi connectivity index (χ0n) is 11.7. The predicted molar refractivity (Wildman–Crippen MR) is 78.1 cm³/mol. The average molecular weight is 258 g/mol. The molecule has 0 bridgehead atoms. The van der Waals surface area contributed by atoms with Gasteiger partial charge in [-0.15, -0.1) is 0 Å². The minimum atomic E-state index is 0.229. The van der Waals surface area contributed by atoms with Gasteiger partial charge in [0, 0.05) is 31.3 Å². The number of benzene rings is 1. The van der Waals surface area contributed by atoms with Crippen LogP contribution in [0.25, 0.3) is 0 Å². The molecule has 0 saturated heterocycles. The number of carbonyl (C=O) groups is 1. The average Bonchev–Trinajstić information content (AvgIpc) is 2.39. The first-order valence-corrected chi connectivity index (χ1v) is 6.82. The molecule has 2 rings (SSSR count). The zero-order valence-corrected chi connectivity index (χ0v) is 11.7. The Balaban J connectivity index is 1.97. The fraction of sp³-hybridized carbons (Fsp3) is 0.438. The van der Waals surface area contributed by atoms with E-state index in [4.69, 9.17) is 0 Å². The Morgan fingerprint density at radius 2 is 1.95 bits per heavy atom. The van der Waals surface area contributed by atoms with Gasteiger partial charge in [0.2, 0.25) is 0 Å². The summed E-state index contributed by atoms with van der Waals surface area (Å²) in [7, 11) is 4.10. The van der Waals surface area contributed by atoms with E-state index in [1.165, 1.54) is 5.56 Å². The molecule has 3 nitrogen and oxygen atoms in total. The monoisotopic (exact) mass is 258 g/mol. The van der Waals surface area contributed by atoms with Gasteiger partial charge in [-0.3, -0.25) is 4.79 Å². The van der Waals surface area contributed by atoms with E-state index in [1.54, 1.807) is 6.08 Å². The van der Waals surface area contributed by atoms with E-state index in [9.17, 15) is 4.79 Å². The molecule has 0 aromatic heterocycles. The summed E-state index contributed by atoms with van der Waals surface area (Å²) >= 11 is 0. The molecule has 0 aliphatic heterocycles.